The average molecular weight is 310 g/mol. The van der Waals surface area contributed by atoms with Crippen LogP contribution in [0.2, 0.25) is 0 Å². The summed E-state index contributed by atoms with van der Waals surface area (Å²) >= 11 is 1.51. The Balaban J connectivity index is 1.95. The van der Waals surface area contributed by atoms with Gasteiger partial charge in [0.05, 0.1) is 28.6 Å². The highest BCUT2D eigenvalue weighted by molar-refractivity contribution is 7.18. The maximum Gasteiger partial charge on any atom is 0.316 e. The Labute approximate surface area is 132 Å². The normalized spacial score (nSPS) is 12.0. The van der Waals surface area contributed by atoms with Crippen LogP contribution in [-0.4, -0.2) is 21.6 Å². The third-order valence-corrected chi connectivity index (χ3v) is 4.17. The van der Waals surface area contributed by atoms with Crippen molar-refractivity contribution < 1.29 is 4.74 Å². The lowest BCUT2D eigenvalue weighted by Crippen LogP contribution is -2.05. The molecular formula is C16H14N4OS. The Morgan fingerprint density at radius 2 is 2.14 bits per heavy atom. The fourth-order valence-corrected chi connectivity index (χ4v) is 3.06. The van der Waals surface area contributed by atoms with Gasteiger partial charge in [0.1, 0.15) is 10.9 Å². The lowest BCUT2D eigenvalue weighted by Gasteiger charge is -2.07. The Bertz CT molecular complexity index is 791. The highest BCUT2D eigenvalue weighted by Crippen LogP contribution is 2.30. The maximum atomic E-state index is 9.54. The minimum Gasteiger partial charge on any atom is -0.463 e. The van der Waals surface area contributed by atoms with Crippen LogP contribution >= 0.6 is 11.3 Å². The number of thiazole rings is 1. The molecule has 2 aromatic heterocycles. The molecule has 0 radical (unpaired) electrons. The predicted molar refractivity (Wildman–Crippen MR) is 84.9 cm³/mol. The van der Waals surface area contributed by atoms with Crippen molar-refractivity contribution in [3.8, 4) is 12.1 Å². The van der Waals surface area contributed by atoms with E-state index < -0.39 is 5.92 Å². The summed E-state index contributed by atoms with van der Waals surface area (Å²) in [5, 5.41) is 10.3. The molecule has 5 nitrogen and oxygen atoms in total. The van der Waals surface area contributed by atoms with E-state index in [-0.39, 0.29) is 0 Å². The molecule has 0 fully saturated rings. The van der Waals surface area contributed by atoms with Crippen molar-refractivity contribution in [2.75, 3.05) is 6.61 Å². The summed E-state index contributed by atoms with van der Waals surface area (Å²) in [4.78, 5) is 13.0. The predicted octanol–water partition coefficient (Wildman–Crippen LogP) is 3.53. The van der Waals surface area contributed by atoms with Crippen molar-refractivity contribution in [3.63, 3.8) is 0 Å². The van der Waals surface area contributed by atoms with Crippen molar-refractivity contribution >= 4 is 21.6 Å². The number of nitriles is 1. The van der Waals surface area contributed by atoms with Gasteiger partial charge in [-0.15, -0.1) is 11.3 Å². The van der Waals surface area contributed by atoms with E-state index in [4.69, 9.17) is 4.74 Å². The molecule has 0 amide bonds. The van der Waals surface area contributed by atoms with Crippen LogP contribution in [0.1, 0.15) is 30.0 Å². The molecule has 0 aliphatic carbocycles. The van der Waals surface area contributed by atoms with Gasteiger partial charge >= 0.3 is 6.01 Å². The first-order valence-electron chi connectivity index (χ1n) is 7.02. The first-order chi connectivity index (χ1) is 10.8. The van der Waals surface area contributed by atoms with Gasteiger partial charge in [0.2, 0.25) is 0 Å². The number of hydrogen-bond acceptors (Lipinski definition) is 6. The van der Waals surface area contributed by atoms with Gasteiger partial charge in [0.25, 0.3) is 0 Å². The van der Waals surface area contributed by atoms with E-state index >= 15 is 0 Å². The zero-order chi connectivity index (χ0) is 15.4. The Hall–Kier alpha value is -2.52. The molecule has 1 atom stereocenters. The number of fused-ring (bicyclic) bond motifs is 1. The Kier molecular flexibility index (Phi) is 4.26. The largest absolute Gasteiger partial charge is 0.463 e. The third-order valence-electron chi connectivity index (χ3n) is 3.07. The smallest absolute Gasteiger partial charge is 0.316 e. The summed E-state index contributed by atoms with van der Waals surface area (Å²) in [6.07, 6.45) is 2.50. The number of aromatic nitrogens is 3. The molecule has 0 saturated carbocycles. The monoisotopic (exact) mass is 310 g/mol. The number of ether oxygens (including phenoxy) is 1. The van der Waals surface area contributed by atoms with E-state index in [1.54, 1.807) is 12.3 Å². The van der Waals surface area contributed by atoms with Crippen LogP contribution < -0.4 is 4.74 Å². The van der Waals surface area contributed by atoms with E-state index in [0.29, 0.717) is 18.3 Å². The van der Waals surface area contributed by atoms with Gasteiger partial charge in [0.15, 0.2) is 0 Å². The maximum absolute atomic E-state index is 9.54. The summed E-state index contributed by atoms with van der Waals surface area (Å²) < 4.78 is 6.50. The molecule has 110 valence electrons. The van der Waals surface area contributed by atoms with E-state index in [1.807, 2.05) is 31.2 Å². The van der Waals surface area contributed by atoms with E-state index in [1.165, 1.54) is 11.3 Å². The van der Waals surface area contributed by atoms with Crippen molar-refractivity contribution in [1.82, 2.24) is 15.0 Å². The Morgan fingerprint density at radius 3 is 2.91 bits per heavy atom. The molecule has 0 aliphatic heterocycles. The molecular weight excluding hydrogens is 296 g/mol. The van der Waals surface area contributed by atoms with Crippen LogP contribution in [-0.2, 0) is 0 Å². The topological polar surface area (TPSA) is 71.7 Å². The molecule has 1 aromatic carbocycles. The fraction of sp³-hybridized carbons (Fsp3) is 0.250. The first kappa shape index (κ1) is 14.4. The lowest BCUT2D eigenvalue weighted by atomic mass is 10.1. The molecule has 2 heterocycles. The highest BCUT2D eigenvalue weighted by atomic mass is 32.1. The summed E-state index contributed by atoms with van der Waals surface area (Å²) in [5.74, 6) is -0.510. The van der Waals surface area contributed by atoms with Gasteiger partial charge in [-0.1, -0.05) is 19.1 Å². The molecule has 22 heavy (non-hydrogen) atoms. The standard InChI is InChI=1S/C16H14N4OS/c1-2-9-21-16-18-8-7-12(20-16)11(10-17)15-19-13-5-3-4-6-14(13)22-15/h3-8,11H,2,9H2,1H3. The average Bonchev–Trinajstić information content (AvgIpc) is 2.97. The van der Waals surface area contributed by atoms with E-state index in [2.05, 4.69) is 21.0 Å². The van der Waals surface area contributed by atoms with Crippen LogP contribution in [0.3, 0.4) is 0 Å². The van der Waals surface area contributed by atoms with Crippen molar-refractivity contribution in [2.45, 2.75) is 19.3 Å². The molecule has 0 saturated heterocycles. The van der Waals surface area contributed by atoms with Gasteiger partial charge in [-0.3, -0.25) is 0 Å². The van der Waals surface area contributed by atoms with Gasteiger partial charge in [-0.2, -0.15) is 10.2 Å². The Morgan fingerprint density at radius 1 is 1.27 bits per heavy atom. The van der Waals surface area contributed by atoms with Gasteiger partial charge in [0, 0.05) is 6.20 Å². The highest BCUT2D eigenvalue weighted by Gasteiger charge is 2.20. The SMILES string of the molecule is CCCOc1nccc(C(C#N)c2nc3ccccc3s2)n1. The number of para-hydroxylation sites is 1. The van der Waals surface area contributed by atoms with Gasteiger partial charge < -0.3 is 4.74 Å². The lowest BCUT2D eigenvalue weighted by molar-refractivity contribution is 0.291. The molecule has 0 spiro atoms. The van der Waals surface area contributed by atoms with Crippen molar-refractivity contribution in [1.29, 1.82) is 5.26 Å². The van der Waals surface area contributed by atoms with Crippen LogP contribution in [0.25, 0.3) is 10.2 Å². The first-order valence-corrected chi connectivity index (χ1v) is 7.84. The second-order valence-corrected chi connectivity index (χ2v) is 5.76. The quantitative estimate of drug-likeness (QED) is 0.721. The summed E-state index contributed by atoms with van der Waals surface area (Å²) in [7, 11) is 0. The zero-order valence-electron chi connectivity index (χ0n) is 12.1. The molecule has 3 aromatic rings. The van der Waals surface area contributed by atoms with Gasteiger partial charge in [-0.25, -0.2) is 9.97 Å². The van der Waals surface area contributed by atoms with Crippen LogP contribution in [0, 0.1) is 11.3 Å². The molecule has 0 aliphatic rings. The zero-order valence-corrected chi connectivity index (χ0v) is 12.9. The summed E-state index contributed by atoms with van der Waals surface area (Å²) in [6.45, 7) is 2.57. The van der Waals surface area contributed by atoms with Crippen LogP contribution in [0.5, 0.6) is 6.01 Å². The second kappa shape index (κ2) is 6.50. The van der Waals surface area contributed by atoms with Crippen molar-refractivity contribution in [3.05, 3.63) is 47.2 Å². The van der Waals surface area contributed by atoms with E-state index in [0.717, 1.165) is 21.6 Å². The summed E-state index contributed by atoms with van der Waals surface area (Å²) in [6, 6.07) is 12.2. The fourth-order valence-electron chi connectivity index (χ4n) is 2.04. The van der Waals surface area contributed by atoms with Crippen LogP contribution in [0.15, 0.2) is 36.5 Å². The number of nitrogens with zero attached hydrogens (tertiary/aromatic N) is 4. The third kappa shape index (κ3) is 2.90. The number of benzene rings is 1. The van der Waals surface area contributed by atoms with Crippen LogP contribution in [0.4, 0.5) is 0 Å². The number of rotatable bonds is 5. The summed E-state index contributed by atoms with van der Waals surface area (Å²) in [5.41, 5.74) is 1.52. The second-order valence-electron chi connectivity index (χ2n) is 4.69. The molecule has 3 rings (SSSR count). The molecule has 6 heteroatoms. The number of hydrogen-bond donors (Lipinski definition) is 0. The molecule has 0 N–H and O–H groups in total. The minimum atomic E-state index is -0.510. The van der Waals surface area contributed by atoms with Crippen molar-refractivity contribution in [2.24, 2.45) is 0 Å². The molecule has 1 unspecified atom stereocenters. The molecule has 0 bridgehead atoms. The van der Waals surface area contributed by atoms with E-state index in [9.17, 15) is 5.26 Å². The minimum absolute atomic E-state index is 0.306. The van der Waals surface area contributed by atoms with Gasteiger partial charge in [-0.05, 0) is 24.6 Å².